The number of primary amides is 1. The number of rotatable bonds is 8. The van der Waals surface area contributed by atoms with Crippen LogP contribution in [0.5, 0.6) is 5.75 Å². The third kappa shape index (κ3) is 5.29. The lowest BCUT2D eigenvalue weighted by molar-refractivity contribution is -0.274. The van der Waals surface area contributed by atoms with Crippen LogP contribution in [0, 0.1) is 0 Å². The van der Waals surface area contributed by atoms with E-state index < -0.39 is 30.0 Å². The Balaban J connectivity index is 1.44. The summed E-state index contributed by atoms with van der Waals surface area (Å²) in [6, 6.07) is 4.61. The summed E-state index contributed by atoms with van der Waals surface area (Å²) in [5.41, 5.74) is 5.97. The molecule has 36 heavy (non-hydrogen) atoms. The Kier molecular flexibility index (Phi) is 5.85. The van der Waals surface area contributed by atoms with Crippen molar-refractivity contribution >= 4 is 11.8 Å². The van der Waals surface area contributed by atoms with Crippen LogP contribution in [0.2, 0.25) is 0 Å². The number of amides is 2. The lowest BCUT2D eigenvalue weighted by Gasteiger charge is -2.16. The number of hydrogen-bond acceptors (Lipinski definition) is 7. The Morgan fingerprint density at radius 3 is 2.47 bits per heavy atom. The van der Waals surface area contributed by atoms with E-state index in [1.54, 1.807) is 13.0 Å². The van der Waals surface area contributed by atoms with E-state index in [0.717, 1.165) is 31.7 Å². The highest BCUT2D eigenvalue weighted by molar-refractivity contribution is 5.95. The van der Waals surface area contributed by atoms with E-state index in [0.29, 0.717) is 17.2 Å². The predicted molar refractivity (Wildman–Crippen MR) is 118 cm³/mol. The van der Waals surface area contributed by atoms with Crippen LogP contribution in [0.3, 0.4) is 0 Å². The van der Waals surface area contributed by atoms with Crippen LogP contribution in [0.4, 0.5) is 13.2 Å². The molecule has 0 unspecified atom stereocenters. The van der Waals surface area contributed by atoms with Crippen molar-refractivity contribution in [1.29, 1.82) is 0 Å². The molecule has 0 saturated heterocycles. The molecule has 0 spiro atoms. The highest BCUT2D eigenvalue weighted by Gasteiger charge is 2.34. The molecule has 0 bridgehead atoms. The van der Waals surface area contributed by atoms with Crippen molar-refractivity contribution in [2.75, 3.05) is 0 Å². The molecule has 2 aliphatic rings. The maximum absolute atomic E-state index is 13.1. The second-order valence-electron chi connectivity index (χ2n) is 8.95. The first-order chi connectivity index (χ1) is 17.1. The first-order valence-corrected chi connectivity index (χ1v) is 11.4. The van der Waals surface area contributed by atoms with Crippen LogP contribution in [-0.2, 0) is 0 Å². The number of carbonyl (C=O) groups excluding carboxylic acids is 2. The highest BCUT2D eigenvalue weighted by atomic mass is 19.4. The number of aromatic nitrogens is 5. The molecule has 13 heteroatoms. The Morgan fingerprint density at radius 1 is 1.11 bits per heavy atom. The van der Waals surface area contributed by atoms with Gasteiger partial charge in [-0.15, -0.1) is 18.3 Å². The van der Waals surface area contributed by atoms with Gasteiger partial charge in [-0.1, -0.05) is 0 Å². The van der Waals surface area contributed by atoms with Crippen LogP contribution in [0.1, 0.15) is 88.5 Å². The number of nitrogens with zero attached hydrogens (tertiary/aromatic N) is 5. The number of alkyl halides is 3. The zero-order valence-corrected chi connectivity index (χ0v) is 19.1. The van der Waals surface area contributed by atoms with Crippen molar-refractivity contribution in [2.24, 2.45) is 5.73 Å². The monoisotopic (exact) mass is 501 g/mol. The lowest BCUT2D eigenvalue weighted by atomic mass is 10.1. The van der Waals surface area contributed by atoms with Gasteiger partial charge in [-0.05, 0) is 62.3 Å². The molecule has 188 valence electrons. The fraction of sp³-hybridized carbons (Fsp3) is 0.391. The van der Waals surface area contributed by atoms with Crippen molar-refractivity contribution in [3.63, 3.8) is 0 Å². The van der Waals surface area contributed by atoms with Crippen LogP contribution < -0.4 is 15.8 Å². The minimum absolute atomic E-state index is 0.0137. The average Bonchev–Trinajstić information content (AvgIpc) is 3.75. The topological polar surface area (TPSA) is 138 Å². The second-order valence-corrected chi connectivity index (χ2v) is 8.95. The normalized spacial score (nSPS) is 16.4. The number of benzene rings is 1. The van der Waals surface area contributed by atoms with Crippen LogP contribution in [-0.4, -0.2) is 42.9 Å². The van der Waals surface area contributed by atoms with Gasteiger partial charge < -0.3 is 15.8 Å². The van der Waals surface area contributed by atoms with Gasteiger partial charge >= 0.3 is 6.36 Å². The molecule has 2 amide bonds. The predicted octanol–water partition coefficient (Wildman–Crippen LogP) is 3.30. The molecule has 5 rings (SSSR count). The van der Waals surface area contributed by atoms with Crippen molar-refractivity contribution in [2.45, 2.75) is 56.8 Å². The Labute approximate surface area is 203 Å². The molecule has 3 aromatic rings. The number of nitrogens with one attached hydrogen (secondary N) is 1. The highest BCUT2D eigenvalue weighted by Crippen LogP contribution is 2.42. The molecule has 1 atom stereocenters. The van der Waals surface area contributed by atoms with Crippen LogP contribution >= 0.6 is 0 Å². The lowest BCUT2D eigenvalue weighted by Crippen LogP contribution is -2.29. The summed E-state index contributed by atoms with van der Waals surface area (Å²) in [6.45, 7) is 1.67. The van der Waals surface area contributed by atoms with E-state index in [1.807, 2.05) is 0 Å². The summed E-state index contributed by atoms with van der Waals surface area (Å²) in [6.07, 6.45) is -0.169. The van der Waals surface area contributed by atoms with Crippen molar-refractivity contribution in [3.8, 4) is 11.6 Å². The number of ether oxygens (including phenoxy) is 1. The number of hydrogen-bond donors (Lipinski definition) is 2. The van der Waals surface area contributed by atoms with Gasteiger partial charge in [0.25, 0.3) is 11.8 Å². The second kappa shape index (κ2) is 8.88. The van der Waals surface area contributed by atoms with Gasteiger partial charge in [0.2, 0.25) is 0 Å². The maximum Gasteiger partial charge on any atom is 0.573 e. The zero-order valence-electron chi connectivity index (χ0n) is 19.1. The maximum atomic E-state index is 13.1. The van der Waals surface area contributed by atoms with Crippen molar-refractivity contribution in [3.05, 3.63) is 59.1 Å². The molecule has 1 aromatic carbocycles. The summed E-state index contributed by atoms with van der Waals surface area (Å²) in [7, 11) is 0. The largest absolute Gasteiger partial charge is 0.573 e. The minimum Gasteiger partial charge on any atom is -0.406 e. The van der Waals surface area contributed by atoms with Crippen LogP contribution in [0.25, 0.3) is 5.82 Å². The van der Waals surface area contributed by atoms with Crippen LogP contribution in [0.15, 0.2) is 30.6 Å². The van der Waals surface area contributed by atoms with E-state index in [4.69, 9.17) is 5.73 Å². The smallest absolute Gasteiger partial charge is 0.406 e. The standard InChI is InChI=1S/C23H22F3N7O3/c1-11(30-22(35)15-6-14(12-2-3-12)7-16(8-15)36-23(24,25)26)21-31-20(13-4-5-13)32-33(21)18-9-17(19(27)34)28-10-29-18/h6-13H,2-5H2,1H3,(H2,27,34)(H,30,35)/t11-/m0/s1. The van der Waals surface area contributed by atoms with Crippen molar-refractivity contribution in [1.82, 2.24) is 30.0 Å². The Morgan fingerprint density at radius 2 is 1.83 bits per heavy atom. The van der Waals surface area contributed by atoms with Crippen molar-refractivity contribution < 1.29 is 27.5 Å². The van der Waals surface area contributed by atoms with E-state index in [9.17, 15) is 22.8 Å². The fourth-order valence-electron chi connectivity index (χ4n) is 3.84. The third-order valence-electron chi connectivity index (χ3n) is 5.92. The third-order valence-corrected chi connectivity index (χ3v) is 5.92. The quantitative estimate of drug-likeness (QED) is 0.483. The van der Waals surface area contributed by atoms with Gasteiger partial charge in [0.1, 0.15) is 17.8 Å². The van der Waals surface area contributed by atoms with Gasteiger partial charge in [0.15, 0.2) is 17.5 Å². The molecule has 2 fully saturated rings. The van der Waals surface area contributed by atoms with Gasteiger partial charge in [-0.25, -0.2) is 15.0 Å². The molecule has 2 saturated carbocycles. The van der Waals surface area contributed by atoms with E-state index in [1.165, 1.54) is 23.1 Å². The Hall–Kier alpha value is -4.03. The van der Waals surface area contributed by atoms with E-state index in [2.05, 4.69) is 30.1 Å². The molecule has 3 N–H and O–H groups in total. The molecule has 10 nitrogen and oxygen atoms in total. The van der Waals surface area contributed by atoms with Gasteiger partial charge in [-0.3, -0.25) is 9.59 Å². The average molecular weight is 501 g/mol. The zero-order chi connectivity index (χ0) is 25.6. The summed E-state index contributed by atoms with van der Waals surface area (Å²) < 4.78 is 44.0. The molecular formula is C23H22F3N7O3. The molecular weight excluding hydrogens is 479 g/mol. The first kappa shape index (κ1) is 23.7. The minimum atomic E-state index is -4.87. The summed E-state index contributed by atoms with van der Waals surface area (Å²) in [4.78, 5) is 37.2. The summed E-state index contributed by atoms with van der Waals surface area (Å²) in [5.74, 6) is -0.340. The number of halogens is 3. The van der Waals surface area contributed by atoms with E-state index in [-0.39, 0.29) is 28.9 Å². The Bertz CT molecular complexity index is 1330. The van der Waals surface area contributed by atoms with Gasteiger partial charge in [-0.2, -0.15) is 4.68 Å². The van der Waals surface area contributed by atoms with Gasteiger partial charge in [0.05, 0.1) is 6.04 Å². The molecule has 2 aromatic heterocycles. The molecule has 2 heterocycles. The van der Waals surface area contributed by atoms with Gasteiger partial charge in [0, 0.05) is 17.5 Å². The first-order valence-electron chi connectivity index (χ1n) is 11.4. The number of carbonyl (C=O) groups is 2. The number of nitrogens with two attached hydrogens (primary N) is 1. The summed E-state index contributed by atoms with van der Waals surface area (Å²) >= 11 is 0. The molecule has 0 radical (unpaired) electrons. The SMILES string of the molecule is C[C@H](NC(=O)c1cc(OC(F)(F)F)cc(C2CC2)c1)c1nc(C2CC2)nn1-c1cc(C(N)=O)ncn1. The molecule has 0 aliphatic heterocycles. The fourth-order valence-corrected chi connectivity index (χ4v) is 3.84. The molecule has 2 aliphatic carbocycles. The summed E-state index contributed by atoms with van der Waals surface area (Å²) in [5, 5.41) is 7.29. The van der Waals surface area contributed by atoms with E-state index >= 15 is 0 Å².